The molecule has 0 aliphatic carbocycles. The molecule has 0 spiro atoms. The Hall–Kier alpha value is -1.60. The Balaban J connectivity index is 2.35. The summed E-state index contributed by atoms with van der Waals surface area (Å²) in [5, 5.41) is 2.69. The van der Waals surface area contributed by atoms with Crippen LogP contribution >= 0.6 is 0 Å². The molecule has 0 saturated heterocycles. The lowest BCUT2D eigenvalue weighted by molar-refractivity contribution is -0.122. The van der Waals surface area contributed by atoms with E-state index in [-0.39, 0.29) is 10.8 Å². The third kappa shape index (κ3) is 6.14. The predicted molar refractivity (Wildman–Crippen MR) is 80.9 cm³/mol. The Morgan fingerprint density at radius 2 is 1.95 bits per heavy atom. The fraction of sp³-hybridized carbons (Fsp3) is 0.500. The van der Waals surface area contributed by atoms with Crippen molar-refractivity contribution in [1.82, 2.24) is 5.32 Å². The van der Waals surface area contributed by atoms with E-state index in [0.717, 1.165) is 12.7 Å². The zero-order valence-corrected chi connectivity index (χ0v) is 13.2. The molecule has 7 heteroatoms. The van der Waals surface area contributed by atoms with Gasteiger partial charge in [-0.1, -0.05) is 13.3 Å². The van der Waals surface area contributed by atoms with Gasteiger partial charge in [0.1, 0.15) is 12.4 Å². The maximum Gasteiger partial charge on any atom is 0.237 e. The van der Waals surface area contributed by atoms with Gasteiger partial charge < -0.3 is 15.8 Å². The van der Waals surface area contributed by atoms with E-state index in [1.165, 1.54) is 12.1 Å². The van der Waals surface area contributed by atoms with Crippen molar-refractivity contribution in [2.75, 3.05) is 19.4 Å². The number of carbonyl (C=O) groups excluding carboxylic acids is 1. The van der Waals surface area contributed by atoms with Crippen LogP contribution in [-0.2, 0) is 14.6 Å². The molecule has 1 amide bonds. The zero-order chi connectivity index (χ0) is 15.9. The van der Waals surface area contributed by atoms with Gasteiger partial charge in [-0.2, -0.15) is 0 Å². The molecule has 6 nitrogen and oxygen atoms in total. The van der Waals surface area contributed by atoms with Crippen LogP contribution in [0.4, 0.5) is 0 Å². The van der Waals surface area contributed by atoms with E-state index < -0.39 is 15.9 Å². The standard InChI is InChI=1S/C14H22N2O4S/c1-3-4-13(15)14(17)16-9-10-20-11-5-7-12(8-6-11)21(2,18)19/h5-8,13H,3-4,9-10,15H2,1-2H3,(H,16,17). The Labute approximate surface area is 125 Å². The lowest BCUT2D eigenvalue weighted by Gasteiger charge is -2.12. The van der Waals surface area contributed by atoms with E-state index in [9.17, 15) is 13.2 Å². The molecule has 0 saturated carbocycles. The first-order valence-corrected chi connectivity index (χ1v) is 8.70. The highest BCUT2D eigenvalue weighted by molar-refractivity contribution is 7.90. The molecule has 3 N–H and O–H groups in total. The van der Waals surface area contributed by atoms with Gasteiger partial charge in [0.25, 0.3) is 0 Å². The maximum absolute atomic E-state index is 11.5. The quantitative estimate of drug-likeness (QED) is 0.689. The van der Waals surface area contributed by atoms with Crippen LogP contribution in [0.2, 0.25) is 0 Å². The van der Waals surface area contributed by atoms with E-state index in [1.54, 1.807) is 12.1 Å². The minimum absolute atomic E-state index is 0.187. The summed E-state index contributed by atoms with van der Waals surface area (Å²) >= 11 is 0. The van der Waals surface area contributed by atoms with Gasteiger partial charge in [-0.15, -0.1) is 0 Å². The van der Waals surface area contributed by atoms with Crippen LogP contribution in [0.15, 0.2) is 29.2 Å². The zero-order valence-electron chi connectivity index (χ0n) is 12.3. The molecule has 0 radical (unpaired) electrons. The molecule has 1 unspecified atom stereocenters. The van der Waals surface area contributed by atoms with Crippen LogP contribution in [0.25, 0.3) is 0 Å². The van der Waals surface area contributed by atoms with Gasteiger partial charge in [0.2, 0.25) is 5.91 Å². The normalized spacial score (nSPS) is 12.7. The van der Waals surface area contributed by atoms with Crippen molar-refractivity contribution in [2.24, 2.45) is 5.73 Å². The van der Waals surface area contributed by atoms with Gasteiger partial charge >= 0.3 is 0 Å². The Morgan fingerprint density at radius 3 is 2.48 bits per heavy atom. The topological polar surface area (TPSA) is 98.5 Å². The second-order valence-electron chi connectivity index (χ2n) is 4.78. The average molecular weight is 314 g/mol. The number of nitrogens with two attached hydrogens (primary N) is 1. The van der Waals surface area contributed by atoms with E-state index in [0.29, 0.717) is 25.3 Å². The number of hydrogen-bond acceptors (Lipinski definition) is 5. The first-order chi connectivity index (χ1) is 9.84. The average Bonchev–Trinajstić information content (AvgIpc) is 2.43. The van der Waals surface area contributed by atoms with Crippen molar-refractivity contribution in [3.05, 3.63) is 24.3 Å². The highest BCUT2D eigenvalue weighted by Crippen LogP contribution is 2.15. The molecule has 1 aromatic carbocycles. The van der Waals surface area contributed by atoms with Gasteiger partial charge in [-0.25, -0.2) is 8.42 Å². The summed E-state index contributed by atoms with van der Waals surface area (Å²) in [6.45, 7) is 2.61. The molecule has 0 fully saturated rings. The molecule has 0 aliphatic heterocycles. The maximum atomic E-state index is 11.5. The largest absolute Gasteiger partial charge is 0.492 e. The third-order valence-electron chi connectivity index (χ3n) is 2.86. The smallest absolute Gasteiger partial charge is 0.237 e. The first-order valence-electron chi connectivity index (χ1n) is 6.80. The molecule has 1 atom stereocenters. The van der Waals surface area contributed by atoms with Crippen molar-refractivity contribution in [3.63, 3.8) is 0 Å². The lowest BCUT2D eigenvalue weighted by Crippen LogP contribution is -2.41. The Bertz CT molecular complexity index is 555. The van der Waals surface area contributed by atoms with E-state index in [1.807, 2.05) is 6.92 Å². The SMILES string of the molecule is CCCC(N)C(=O)NCCOc1ccc(S(C)(=O)=O)cc1. The Kier molecular flexibility index (Phi) is 6.64. The molecule has 0 heterocycles. The van der Waals surface area contributed by atoms with Crippen LogP contribution in [0.1, 0.15) is 19.8 Å². The van der Waals surface area contributed by atoms with Crippen molar-refractivity contribution in [2.45, 2.75) is 30.7 Å². The summed E-state index contributed by atoms with van der Waals surface area (Å²) in [5.74, 6) is 0.363. The highest BCUT2D eigenvalue weighted by Gasteiger charge is 2.11. The number of rotatable bonds is 8. The lowest BCUT2D eigenvalue weighted by atomic mass is 10.2. The van der Waals surface area contributed by atoms with Crippen LogP contribution in [0.3, 0.4) is 0 Å². The number of amides is 1. The fourth-order valence-electron chi connectivity index (χ4n) is 1.70. The van der Waals surface area contributed by atoms with E-state index in [4.69, 9.17) is 10.5 Å². The van der Waals surface area contributed by atoms with E-state index >= 15 is 0 Å². The number of ether oxygens (including phenoxy) is 1. The second-order valence-corrected chi connectivity index (χ2v) is 6.79. The van der Waals surface area contributed by atoms with Gasteiger partial charge in [-0.05, 0) is 30.7 Å². The minimum Gasteiger partial charge on any atom is -0.492 e. The fourth-order valence-corrected chi connectivity index (χ4v) is 2.33. The number of sulfone groups is 1. The summed E-state index contributed by atoms with van der Waals surface area (Å²) in [4.78, 5) is 11.8. The van der Waals surface area contributed by atoms with Crippen molar-refractivity contribution in [1.29, 1.82) is 0 Å². The molecular weight excluding hydrogens is 292 g/mol. The molecule has 1 aromatic rings. The number of nitrogens with one attached hydrogen (secondary N) is 1. The summed E-state index contributed by atoms with van der Waals surface area (Å²) in [6, 6.07) is 5.66. The molecule has 1 rings (SSSR count). The van der Waals surface area contributed by atoms with Crippen LogP contribution in [0.5, 0.6) is 5.75 Å². The van der Waals surface area contributed by atoms with Gasteiger partial charge in [0.05, 0.1) is 17.5 Å². The van der Waals surface area contributed by atoms with Crippen molar-refractivity contribution >= 4 is 15.7 Å². The summed E-state index contributed by atoms with van der Waals surface area (Å²) in [7, 11) is -3.20. The summed E-state index contributed by atoms with van der Waals surface area (Å²) in [6.07, 6.45) is 2.66. The van der Waals surface area contributed by atoms with E-state index in [2.05, 4.69) is 5.32 Å². The van der Waals surface area contributed by atoms with Gasteiger partial charge in [-0.3, -0.25) is 4.79 Å². The number of carbonyl (C=O) groups is 1. The molecule has 0 aliphatic rings. The molecule has 0 aromatic heterocycles. The minimum atomic E-state index is -3.20. The van der Waals surface area contributed by atoms with Crippen LogP contribution in [0, 0.1) is 0 Å². The molecule has 0 bridgehead atoms. The highest BCUT2D eigenvalue weighted by atomic mass is 32.2. The second kappa shape index (κ2) is 7.99. The predicted octanol–water partition coefficient (Wildman–Crippen LogP) is 0.713. The van der Waals surface area contributed by atoms with Crippen molar-refractivity contribution in [3.8, 4) is 5.75 Å². The molecular formula is C14H22N2O4S. The summed E-state index contributed by atoms with van der Waals surface area (Å²) in [5.41, 5.74) is 5.67. The first kappa shape index (κ1) is 17.5. The number of benzene rings is 1. The van der Waals surface area contributed by atoms with Crippen LogP contribution < -0.4 is 15.8 Å². The molecule has 118 valence electrons. The third-order valence-corrected chi connectivity index (χ3v) is 3.99. The summed E-state index contributed by atoms with van der Waals surface area (Å²) < 4.78 is 28.0. The Morgan fingerprint density at radius 1 is 1.33 bits per heavy atom. The monoisotopic (exact) mass is 314 g/mol. The van der Waals surface area contributed by atoms with Gasteiger partial charge in [0, 0.05) is 6.26 Å². The van der Waals surface area contributed by atoms with Crippen molar-refractivity contribution < 1.29 is 17.9 Å². The van der Waals surface area contributed by atoms with Crippen LogP contribution in [-0.4, -0.2) is 39.8 Å². The number of hydrogen-bond donors (Lipinski definition) is 2. The van der Waals surface area contributed by atoms with Gasteiger partial charge in [0.15, 0.2) is 9.84 Å². The molecule has 21 heavy (non-hydrogen) atoms.